The highest BCUT2D eigenvalue weighted by Gasteiger charge is 2.14. The van der Waals surface area contributed by atoms with Gasteiger partial charge in [-0.15, -0.1) is 0 Å². The van der Waals surface area contributed by atoms with Gasteiger partial charge in [-0.05, 0) is 23.8 Å². The fraction of sp³-hybridized carbons (Fsp3) is 0.294. The third kappa shape index (κ3) is 4.21. The summed E-state index contributed by atoms with van der Waals surface area (Å²) >= 11 is 5.85. The number of carbonyl (C=O) groups is 1. The van der Waals surface area contributed by atoms with Gasteiger partial charge in [0.1, 0.15) is 0 Å². The predicted octanol–water partition coefficient (Wildman–Crippen LogP) is 2.50. The SMILES string of the molecule is O=C(NCc1ccc(Cl)cc1)c1cncc(N2CCOCC2)c1. The van der Waals surface area contributed by atoms with Crippen LogP contribution in [0.1, 0.15) is 15.9 Å². The van der Waals surface area contributed by atoms with Gasteiger partial charge in [0.2, 0.25) is 0 Å². The van der Waals surface area contributed by atoms with E-state index in [0.717, 1.165) is 24.3 Å². The first-order valence-electron chi connectivity index (χ1n) is 7.53. The summed E-state index contributed by atoms with van der Waals surface area (Å²) in [7, 11) is 0. The minimum absolute atomic E-state index is 0.137. The van der Waals surface area contributed by atoms with Gasteiger partial charge >= 0.3 is 0 Å². The normalized spacial score (nSPS) is 14.6. The standard InChI is InChI=1S/C17H18ClN3O2/c18-15-3-1-13(2-4-15)10-20-17(22)14-9-16(12-19-11-14)21-5-7-23-8-6-21/h1-4,9,11-12H,5-8,10H2,(H,20,22). The quantitative estimate of drug-likeness (QED) is 0.935. The lowest BCUT2D eigenvalue weighted by molar-refractivity contribution is 0.0950. The predicted molar refractivity (Wildman–Crippen MR) is 89.9 cm³/mol. The number of anilines is 1. The van der Waals surface area contributed by atoms with Crippen molar-refractivity contribution in [3.63, 3.8) is 0 Å². The molecule has 1 N–H and O–H groups in total. The molecule has 1 aromatic heterocycles. The molecule has 1 amide bonds. The third-order valence-electron chi connectivity index (χ3n) is 3.73. The van der Waals surface area contributed by atoms with Crippen LogP contribution in [0.4, 0.5) is 5.69 Å². The Morgan fingerprint density at radius 2 is 1.96 bits per heavy atom. The smallest absolute Gasteiger partial charge is 0.253 e. The summed E-state index contributed by atoms with van der Waals surface area (Å²) in [6.45, 7) is 3.49. The Hall–Kier alpha value is -2.11. The number of rotatable bonds is 4. The van der Waals surface area contributed by atoms with Crippen molar-refractivity contribution in [3.8, 4) is 0 Å². The van der Waals surface area contributed by atoms with Crippen molar-refractivity contribution in [1.82, 2.24) is 10.3 Å². The molecule has 0 unspecified atom stereocenters. The Balaban J connectivity index is 1.63. The highest BCUT2D eigenvalue weighted by Crippen LogP contribution is 2.16. The van der Waals surface area contributed by atoms with Crippen LogP contribution < -0.4 is 10.2 Å². The largest absolute Gasteiger partial charge is 0.378 e. The molecule has 5 nitrogen and oxygen atoms in total. The topological polar surface area (TPSA) is 54.5 Å². The minimum Gasteiger partial charge on any atom is -0.378 e. The van der Waals surface area contributed by atoms with Gasteiger partial charge in [-0.25, -0.2) is 0 Å². The summed E-state index contributed by atoms with van der Waals surface area (Å²) in [6.07, 6.45) is 3.36. The van der Waals surface area contributed by atoms with Crippen molar-refractivity contribution in [2.45, 2.75) is 6.54 Å². The van der Waals surface area contributed by atoms with E-state index in [0.29, 0.717) is 30.3 Å². The van der Waals surface area contributed by atoms with Crippen molar-refractivity contribution in [1.29, 1.82) is 0 Å². The molecular weight excluding hydrogens is 314 g/mol. The molecule has 0 spiro atoms. The third-order valence-corrected chi connectivity index (χ3v) is 3.98. The molecule has 0 saturated carbocycles. The molecular formula is C17H18ClN3O2. The molecule has 120 valence electrons. The molecule has 0 radical (unpaired) electrons. The number of hydrogen-bond donors (Lipinski definition) is 1. The van der Waals surface area contributed by atoms with Crippen LogP contribution >= 0.6 is 11.6 Å². The van der Waals surface area contributed by atoms with Gasteiger partial charge in [0.15, 0.2) is 0 Å². The fourth-order valence-corrected chi connectivity index (χ4v) is 2.56. The molecule has 2 aromatic rings. The molecule has 23 heavy (non-hydrogen) atoms. The Morgan fingerprint density at radius 1 is 1.22 bits per heavy atom. The molecule has 1 aliphatic rings. The zero-order valence-electron chi connectivity index (χ0n) is 12.7. The Bertz CT molecular complexity index is 670. The van der Waals surface area contributed by atoms with Crippen LogP contribution in [-0.2, 0) is 11.3 Å². The zero-order chi connectivity index (χ0) is 16.1. The Kier molecular flexibility index (Phi) is 5.10. The molecule has 0 atom stereocenters. The van der Waals surface area contributed by atoms with E-state index in [4.69, 9.17) is 16.3 Å². The van der Waals surface area contributed by atoms with Crippen molar-refractivity contribution in [2.24, 2.45) is 0 Å². The van der Waals surface area contributed by atoms with Gasteiger partial charge in [0, 0.05) is 30.9 Å². The molecule has 3 rings (SSSR count). The van der Waals surface area contributed by atoms with Crippen molar-refractivity contribution in [3.05, 3.63) is 58.9 Å². The van der Waals surface area contributed by atoms with Gasteiger partial charge in [-0.2, -0.15) is 0 Å². The maximum absolute atomic E-state index is 12.3. The van der Waals surface area contributed by atoms with E-state index in [-0.39, 0.29) is 5.91 Å². The summed E-state index contributed by atoms with van der Waals surface area (Å²) in [5.74, 6) is -0.137. The fourth-order valence-electron chi connectivity index (χ4n) is 2.43. The molecule has 1 aromatic carbocycles. The maximum atomic E-state index is 12.3. The van der Waals surface area contributed by atoms with Gasteiger partial charge < -0.3 is 15.0 Å². The first-order valence-corrected chi connectivity index (χ1v) is 7.90. The van der Waals surface area contributed by atoms with E-state index in [1.54, 1.807) is 12.4 Å². The second-order valence-electron chi connectivity index (χ2n) is 5.34. The number of aromatic nitrogens is 1. The maximum Gasteiger partial charge on any atom is 0.253 e. The Morgan fingerprint density at radius 3 is 2.70 bits per heavy atom. The molecule has 2 heterocycles. The molecule has 0 aliphatic carbocycles. The van der Waals surface area contributed by atoms with E-state index in [1.807, 2.05) is 30.3 Å². The number of pyridine rings is 1. The molecule has 1 aliphatic heterocycles. The summed E-state index contributed by atoms with van der Waals surface area (Å²) in [5.41, 5.74) is 2.51. The van der Waals surface area contributed by atoms with Crippen LogP contribution in [-0.4, -0.2) is 37.2 Å². The Labute approximate surface area is 140 Å². The van der Waals surface area contributed by atoms with Crippen LogP contribution in [0.5, 0.6) is 0 Å². The summed E-state index contributed by atoms with van der Waals surface area (Å²) in [5, 5.41) is 3.58. The highest BCUT2D eigenvalue weighted by molar-refractivity contribution is 6.30. The molecule has 1 saturated heterocycles. The lowest BCUT2D eigenvalue weighted by atomic mass is 10.2. The van der Waals surface area contributed by atoms with Gasteiger partial charge in [-0.3, -0.25) is 9.78 Å². The number of nitrogens with zero attached hydrogens (tertiary/aromatic N) is 2. The molecule has 6 heteroatoms. The molecule has 0 bridgehead atoms. The number of nitrogens with one attached hydrogen (secondary N) is 1. The van der Waals surface area contributed by atoms with Crippen LogP contribution in [0.15, 0.2) is 42.7 Å². The average Bonchev–Trinajstić information content (AvgIpc) is 2.62. The highest BCUT2D eigenvalue weighted by atomic mass is 35.5. The average molecular weight is 332 g/mol. The number of hydrogen-bond acceptors (Lipinski definition) is 4. The molecule has 1 fully saturated rings. The summed E-state index contributed by atoms with van der Waals surface area (Å²) < 4.78 is 5.34. The van der Waals surface area contributed by atoms with Crippen LogP contribution in [0, 0.1) is 0 Å². The first-order chi connectivity index (χ1) is 11.2. The van der Waals surface area contributed by atoms with E-state index in [2.05, 4.69) is 15.2 Å². The van der Waals surface area contributed by atoms with Crippen molar-refractivity contribution >= 4 is 23.2 Å². The van der Waals surface area contributed by atoms with Crippen molar-refractivity contribution in [2.75, 3.05) is 31.2 Å². The lowest BCUT2D eigenvalue weighted by Gasteiger charge is -2.28. The number of benzene rings is 1. The summed E-state index contributed by atoms with van der Waals surface area (Å²) in [6, 6.07) is 9.28. The van der Waals surface area contributed by atoms with Gasteiger partial charge in [0.25, 0.3) is 5.91 Å². The van der Waals surface area contributed by atoms with Crippen LogP contribution in [0.25, 0.3) is 0 Å². The second-order valence-corrected chi connectivity index (χ2v) is 5.78. The van der Waals surface area contributed by atoms with Crippen LogP contribution in [0.2, 0.25) is 5.02 Å². The monoisotopic (exact) mass is 331 g/mol. The van der Waals surface area contributed by atoms with E-state index in [9.17, 15) is 4.79 Å². The number of amides is 1. The number of carbonyl (C=O) groups excluding carboxylic acids is 1. The zero-order valence-corrected chi connectivity index (χ0v) is 13.4. The van der Waals surface area contributed by atoms with E-state index >= 15 is 0 Å². The van der Waals surface area contributed by atoms with Gasteiger partial charge in [0.05, 0.1) is 30.7 Å². The summed E-state index contributed by atoms with van der Waals surface area (Å²) in [4.78, 5) is 18.7. The number of halogens is 1. The number of ether oxygens (including phenoxy) is 1. The van der Waals surface area contributed by atoms with E-state index in [1.165, 1.54) is 0 Å². The van der Waals surface area contributed by atoms with Crippen LogP contribution in [0.3, 0.4) is 0 Å². The van der Waals surface area contributed by atoms with Crippen molar-refractivity contribution < 1.29 is 9.53 Å². The minimum atomic E-state index is -0.137. The lowest BCUT2D eigenvalue weighted by Crippen LogP contribution is -2.36. The second kappa shape index (κ2) is 7.44. The number of morpholine rings is 1. The van der Waals surface area contributed by atoms with Gasteiger partial charge in [-0.1, -0.05) is 23.7 Å². The van der Waals surface area contributed by atoms with E-state index < -0.39 is 0 Å². The first kappa shape index (κ1) is 15.8.